The minimum atomic E-state index is -0.750. The van der Waals surface area contributed by atoms with Gasteiger partial charge in [-0.05, 0) is 42.2 Å². The Morgan fingerprint density at radius 3 is 2.45 bits per heavy atom. The lowest BCUT2D eigenvalue weighted by Crippen LogP contribution is -2.38. The Morgan fingerprint density at radius 2 is 1.79 bits per heavy atom. The standard InChI is InChI=1S/C21H22ClN5O2/c1-14(2)11-18(15-7-9-16(22)10-8-15)26-21(29)20(28)25-17-5-3-4-6-19(17)27-13-23-12-24-27/h3-10,12-14,18H,11H2,1-2H3,(H,25,28)(H,26,29)/t18-/m1/s1. The minimum Gasteiger partial charge on any atom is -0.341 e. The van der Waals surface area contributed by atoms with Crippen LogP contribution in [0.2, 0.25) is 5.02 Å². The number of amides is 2. The molecule has 1 aromatic heterocycles. The van der Waals surface area contributed by atoms with Crippen molar-refractivity contribution in [3.8, 4) is 5.69 Å². The van der Waals surface area contributed by atoms with E-state index >= 15 is 0 Å². The van der Waals surface area contributed by atoms with Crippen LogP contribution in [0, 0.1) is 5.92 Å². The fourth-order valence-electron chi connectivity index (χ4n) is 2.96. The highest BCUT2D eigenvalue weighted by Gasteiger charge is 2.22. The topological polar surface area (TPSA) is 88.9 Å². The van der Waals surface area contributed by atoms with Crippen LogP contribution in [0.1, 0.15) is 31.9 Å². The Bertz CT molecular complexity index is 971. The highest BCUT2D eigenvalue weighted by atomic mass is 35.5. The van der Waals surface area contributed by atoms with Crippen molar-refractivity contribution in [3.05, 3.63) is 71.8 Å². The summed E-state index contributed by atoms with van der Waals surface area (Å²) in [6, 6.07) is 14.0. The number of nitrogens with one attached hydrogen (secondary N) is 2. The summed E-state index contributed by atoms with van der Waals surface area (Å²) in [6.45, 7) is 4.12. The highest BCUT2D eigenvalue weighted by Crippen LogP contribution is 2.23. The Labute approximate surface area is 174 Å². The molecule has 0 aliphatic carbocycles. The van der Waals surface area contributed by atoms with E-state index in [4.69, 9.17) is 11.6 Å². The first-order valence-corrected chi connectivity index (χ1v) is 9.63. The van der Waals surface area contributed by atoms with Gasteiger partial charge in [0.25, 0.3) is 0 Å². The van der Waals surface area contributed by atoms with E-state index in [0.717, 1.165) is 5.56 Å². The van der Waals surface area contributed by atoms with Gasteiger partial charge in [-0.2, -0.15) is 5.10 Å². The number of halogens is 1. The van der Waals surface area contributed by atoms with Crippen LogP contribution in [0.25, 0.3) is 5.69 Å². The molecule has 0 unspecified atom stereocenters. The second kappa shape index (κ2) is 9.34. The summed E-state index contributed by atoms with van der Waals surface area (Å²) in [5, 5.41) is 10.2. The SMILES string of the molecule is CC(C)C[C@@H](NC(=O)C(=O)Nc1ccccc1-n1cncn1)c1ccc(Cl)cc1. The smallest absolute Gasteiger partial charge is 0.313 e. The van der Waals surface area contributed by atoms with E-state index in [1.54, 1.807) is 30.3 Å². The predicted molar refractivity (Wildman–Crippen MR) is 112 cm³/mol. The number of rotatable bonds is 6. The Kier molecular flexibility index (Phi) is 6.61. The van der Waals surface area contributed by atoms with Crippen molar-refractivity contribution in [2.24, 2.45) is 5.92 Å². The molecule has 8 heteroatoms. The molecule has 0 aliphatic rings. The molecular formula is C21H22ClN5O2. The molecule has 2 N–H and O–H groups in total. The van der Waals surface area contributed by atoms with E-state index in [1.807, 2.05) is 18.2 Å². The number of anilines is 1. The van der Waals surface area contributed by atoms with E-state index in [0.29, 0.717) is 28.7 Å². The summed E-state index contributed by atoms with van der Waals surface area (Å²) in [7, 11) is 0. The van der Waals surface area contributed by atoms with Crippen molar-refractivity contribution in [3.63, 3.8) is 0 Å². The number of carbonyl (C=O) groups excluding carboxylic acids is 2. The van der Waals surface area contributed by atoms with Gasteiger partial charge in [0.15, 0.2) is 0 Å². The monoisotopic (exact) mass is 411 g/mol. The number of carbonyl (C=O) groups is 2. The van der Waals surface area contributed by atoms with Crippen LogP contribution in [0.3, 0.4) is 0 Å². The molecule has 1 heterocycles. The first-order valence-electron chi connectivity index (χ1n) is 9.25. The van der Waals surface area contributed by atoms with E-state index < -0.39 is 11.8 Å². The van der Waals surface area contributed by atoms with E-state index in [-0.39, 0.29) is 6.04 Å². The van der Waals surface area contributed by atoms with Crippen molar-refractivity contribution in [2.75, 3.05) is 5.32 Å². The fraction of sp³-hybridized carbons (Fsp3) is 0.238. The number of hydrogen-bond acceptors (Lipinski definition) is 4. The fourth-order valence-corrected chi connectivity index (χ4v) is 3.09. The van der Waals surface area contributed by atoms with Gasteiger partial charge in [-0.1, -0.05) is 49.7 Å². The lowest BCUT2D eigenvalue weighted by molar-refractivity contribution is -0.136. The van der Waals surface area contributed by atoms with Crippen LogP contribution in [-0.2, 0) is 9.59 Å². The molecule has 2 aromatic carbocycles. The summed E-state index contributed by atoms with van der Waals surface area (Å²) in [5.41, 5.74) is 1.97. The third kappa shape index (κ3) is 5.42. The van der Waals surface area contributed by atoms with Gasteiger partial charge in [0.05, 0.1) is 17.4 Å². The molecule has 0 saturated carbocycles. The molecule has 1 atom stereocenters. The van der Waals surface area contributed by atoms with Crippen LogP contribution in [0.5, 0.6) is 0 Å². The van der Waals surface area contributed by atoms with Gasteiger partial charge < -0.3 is 10.6 Å². The molecule has 150 valence electrons. The third-order valence-corrected chi connectivity index (χ3v) is 4.56. The average Bonchev–Trinajstić information content (AvgIpc) is 3.22. The maximum atomic E-state index is 12.6. The van der Waals surface area contributed by atoms with Gasteiger partial charge in [0, 0.05) is 5.02 Å². The normalized spacial score (nSPS) is 11.9. The second-order valence-corrected chi connectivity index (χ2v) is 7.45. The molecule has 3 rings (SSSR count). The van der Waals surface area contributed by atoms with Gasteiger partial charge in [-0.15, -0.1) is 0 Å². The zero-order valence-corrected chi connectivity index (χ0v) is 16.9. The molecule has 7 nitrogen and oxygen atoms in total. The van der Waals surface area contributed by atoms with Gasteiger partial charge in [-0.25, -0.2) is 9.67 Å². The van der Waals surface area contributed by atoms with Crippen molar-refractivity contribution >= 4 is 29.1 Å². The molecule has 3 aromatic rings. The number of para-hydroxylation sites is 2. The first-order chi connectivity index (χ1) is 13.9. The van der Waals surface area contributed by atoms with Crippen LogP contribution >= 0.6 is 11.6 Å². The highest BCUT2D eigenvalue weighted by molar-refractivity contribution is 6.39. The number of benzene rings is 2. The van der Waals surface area contributed by atoms with Gasteiger partial charge >= 0.3 is 11.8 Å². The molecule has 0 fully saturated rings. The van der Waals surface area contributed by atoms with E-state index in [2.05, 4.69) is 34.6 Å². The molecule has 0 aliphatic heterocycles. The summed E-state index contributed by atoms with van der Waals surface area (Å²) >= 11 is 5.96. The maximum absolute atomic E-state index is 12.6. The van der Waals surface area contributed by atoms with Crippen LogP contribution < -0.4 is 10.6 Å². The molecular weight excluding hydrogens is 390 g/mol. The quantitative estimate of drug-likeness (QED) is 0.604. The van der Waals surface area contributed by atoms with Crippen LogP contribution in [-0.4, -0.2) is 26.6 Å². The summed E-state index contributed by atoms with van der Waals surface area (Å²) in [4.78, 5) is 29.1. The number of aromatic nitrogens is 3. The minimum absolute atomic E-state index is 0.295. The Balaban J connectivity index is 1.74. The first kappa shape index (κ1) is 20.5. The molecule has 0 saturated heterocycles. The summed E-state index contributed by atoms with van der Waals surface area (Å²) in [6.07, 6.45) is 3.61. The largest absolute Gasteiger partial charge is 0.341 e. The van der Waals surface area contributed by atoms with Crippen molar-refractivity contribution < 1.29 is 9.59 Å². The number of nitrogens with zero attached hydrogens (tertiary/aromatic N) is 3. The van der Waals surface area contributed by atoms with Gasteiger partial charge in [0.2, 0.25) is 0 Å². The third-order valence-electron chi connectivity index (χ3n) is 4.31. The molecule has 0 bridgehead atoms. The zero-order chi connectivity index (χ0) is 20.8. The molecule has 2 amide bonds. The van der Waals surface area contributed by atoms with Crippen LogP contribution in [0.15, 0.2) is 61.2 Å². The summed E-state index contributed by atoms with van der Waals surface area (Å²) in [5.74, 6) is -1.13. The second-order valence-electron chi connectivity index (χ2n) is 7.02. The Hall–Kier alpha value is -3.19. The lowest BCUT2D eigenvalue weighted by Gasteiger charge is -2.21. The van der Waals surface area contributed by atoms with Crippen LogP contribution in [0.4, 0.5) is 5.69 Å². The van der Waals surface area contributed by atoms with Crippen molar-refractivity contribution in [1.82, 2.24) is 20.1 Å². The average molecular weight is 412 g/mol. The van der Waals surface area contributed by atoms with E-state index in [9.17, 15) is 9.59 Å². The molecule has 0 radical (unpaired) electrons. The predicted octanol–water partition coefficient (Wildman–Crippen LogP) is 3.76. The zero-order valence-electron chi connectivity index (χ0n) is 16.2. The Morgan fingerprint density at radius 1 is 1.07 bits per heavy atom. The van der Waals surface area contributed by atoms with Crippen molar-refractivity contribution in [1.29, 1.82) is 0 Å². The van der Waals surface area contributed by atoms with Gasteiger partial charge in [-0.3, -0.25) is 9.59 Å². The van der Waals surface area contributed by atoms with E-state index in [1.165, 1.54) is 17.3 Å². The maximum Gasteiger partial charge on any atom is 0.313 e. The van der Waals surface area contributed by atoms with Crippen molar-refractivity contribution in [2.45, 2.75) is 26.3 Å². The summed E-state index contributed by atoms with van der Waals surface area (Å²) < 4.78 is 1.52. The van der Waals surface area contributed by atoms with Gasteiger partial charge in [0.1, 0.15) is 12.7 Å². The number of hydrogen-bond donors (Lipinski definition) is 2. The molecule has 0 spiro atoms. The lowest BCUT2D eigenvalue weighted by atomic mass is 9.97. The molecule has 29 heavy (non-hydrogen) atoms.